The number of nitrogens with zero attached hydrogens (tertiary/aromatic N) is 4. The standard InChI is InChI=1S/C22H25N3O2S2.C11H16N2O.H2/c1-22(2,3)20-9-6-17(14-23-20)21-24-15-19(28-21)16-4-7-18(8-5-16)25-10-12-29(26,27)13-11-25;12-8-11(6-7-11)13-10(14)9-4-2-1-3-5-9;/h4-9,14-15H,10-13H2,1-3H3;9H,1-7H2,(H,13,14);1H. The molecule has 0 radical (unpaired) electrons. The summed E-state index contributed by atoms with van der Waals surface area (Å²) in [4.78, 5) is 24.2. The first kappa shape index (κ1) is 31.1. The second-order valence-corrected chi connectivity index (χ2v) is 16.2. The lowest BCUT2D eigenvalue weighted by Crippen LogP contribution is -2.40. The number of sulfone groups is 1. The van der Waals surface area contributed by atoms with Gasteiger partial charge in [0.05, 0.1) is 22.5 Å². The van der Waals surface area contributed by atoms with Gasteiger partial charge in [0.25, 0.3) is 0 Å². The number of benzene rings is 1. The summed E-state index contributed by atoms with van der Waals surface area (Å²) >= 11 is 1.65. The summed E-state index contributed by atoms with van der Waals surface area (Å²) in [5.41, 5.74) is 3.83. The van der Waals surface area contributed by atoms with E-state index < -0.39 is 15.4 Å². The average Bonchev–Trinajstić information content (AvgIpc) is 3.60. The van der Waals surface area contributed by atoms with Gasteiger partial charge in [-0.1, -0.05) is 52.2 Å². The van der Waals surface area contributed by atoms with Crippen LogP contribution in [-0.4, -0.2) is 54.4 Å². The maximum atomic E-state index is 11.8. The molecule has 0 unspecified atom stereocenters. The van der Waals surface area contributed by atoms with Crippen molar-refractivity contribution in [3.05, 3.63) is 54.5 Å². The summed E-state index contributed by atoms with van der Waals surface area (Å²) < 4.78 is 23.2. The predicted molar refractivity (Wildman–Crippen MR) is 175 cm³/mol. The van der Waals surface area contributed by atoms with Crippen molar-refractivity contribution >= 4 is 32.8 Å². The first-order chi connectivity index (χ1) is 20.5. The number of hydrogen-bond donors (Lipinski definition) is 1. The van der Waals surface area contributed by atoms with Gasteiger partial charge in [-0.2, -0.15) is 5.26 Å². The van der Waals surface area contributed by atoms with E-state index in [1.807, 2.05) is 12.4 Å². The second kappa shape index (κ2) is 12.7. The fourth-order valence-electron chi connectivity index (χ4n) is 5.40. The quantitative estimate of drug-likeness (QED) is 0.351. The van der Waals surface area contributed by atoms with E-state index in [1.54, 1.807) is 11.3 Å². The summed E-state index contributed by atoms with van der Waals surface area (Å²) in [6, 6.07) is 14.6. The Morgan fingerprint density at radius 1 is 1.00 bits per heavy atom. The third-order valence-electron chi connectivity index (χ3n) is 8.45. The minimum absolute atomic E-state index is 0. The van der Waals surface area contributed by atoms with Crippen LogP contribution in [0.5, 0.6) is 0 Å². The molecule has 3 aromatic rings. The third-order valence-corrected chi connectivity index (χ3v) is 11.2. The Morgan fingerprint density at radius 2 is 1.65 bits per heavy atom. The molecule has 3 aliphatic rings. The van der Waals surface area contributed by atoms with E-state index >= 15 is 0 Å². The summed E-state index contributed by atoms with van der Waals surface area (Å²) in [7, 11) is -2.86. The molecular weight excluding hydrogens is 579 g/mol. The maximum absolute atomic E-state index is 11.8. The number of anilines is 1. The van der Waals surface area contributed by atoms with Crippen molar-refractivity contribution in [2.45, 2.75) is 76.7 Å². The van der Waals surface area contributed by atoms with Crippen molar-refractivity contribution in [3.8, 4) is 27.1 Å². The van der Waals surface area contributed by atoms with E-state index in [4.69, 9.17) is 5.26 Å². The number of pyridine rings is 1. The van der Waals surface area contributed by atoms with E-state index in [0.29, 0.717) is 13.1 Å². The molecule has 2 saturated carbocycles. The van der Waals surface area contributed by atoms with Crippen LogP contribution in [-0.2, 0) is 20.0 Å². The highest BCUT2D eigenvalue weighted by Gasteiger charge is 2.45. The van der Waals surface area contributed by atoms with Crippen molar-refractivity contribution < 1.29 is 14.6 Å². The lowest BCUT2D eigenvalue weighted by atomic mass is 9.88. The first-order valence-electron chi connectivity index (χ1n) is 15.2. The summed E-state index contributed by atoms with van der Waals surface area (Å²) in [5, 5.41) is 12.7. The molecule has 0 bridgehead atoms. The van der Waals surface area contributed by atoms with Crippen molar-refractivity contribution in [2.75, 3.05) is 29.5 Å². The molecule has 6 rings (SSSR count). The number of hydrogen-bond acceptors (Lipinski definition) is 8. The van der Waals surface area contributed by atoms with Gasteiger partial charge < -0.3 is 10.2 Å². The highest BCUT2D eigenvalue weighted by atomic mass is 32.2. The second-order valence-electron chi connectivity index (χ2n) is 12.9. The van der Waals surface area contributed by atoms with Crippen LogP contribution in [0.2, 0.25) is 0 Å². The predicted octanol–water partition coefficient (Wildman–Crippen LogP) is 6.39. The van der Waals surface area contributed by atoms with Gasteiger partial charge in [-0.15, -0.1) is 11.3 Å². The lowest BCUT2D eigenvalue weighted by molar-refractivity contribution is -0.126. The maximum Gasteiger partial charge on any atom is 0.224 e. The molecule has 3 fully saturated rings. The molecule has 1 saturated heterocycles. The van der Waals surface area contributed by atoms with Crippen molar-refractivity contribution in [3.63, 3.8) is 0 Å². The molecule has 3 heterocycles. The van der Waals surface area contributed by atoms with Gasteiger partial charge >= 0.3 is 0 Å². The van der Waals surface area contributed by atoms with Gasteiger partial charge in [0.15, 0.2) is 9.84 Å². The molecule has 8 nitrogen and oxygen atoms in total. The Labute approximate surface area is 261 Å². The topological polar surface area (TPSA) is 116 Å². The fourth-order valence-corrected chi connectivity index (χ4v) is 7.52. The zero-order valence-corrected chi connectivity index (χ0v) is 26.9. The average molecular weight is 622 g/mol. The number of carbonyl (C=O) groups is 1. The van der Waals surface area contributed by atoms with Gasteiger partial charge in [-0.3, -0.25) is 9.78 Å². The molecule has 1 aromatic carbocycles. The van der Waals surface area contributed by atoms with Gasteiger partial charge in [0.2, 0.25) is 5.91 Å². The molecule has 1 aliphatic heterocycles. The number of nitriles is 1. The van der Waals surface area contributed by atoms with Gasteiger partial charge in [0, 0.05) is 55.2 Å². The number of nitrogens with one attached hydrogen (secondary N) is 1. The van der Waals surface area contributed by atoms with E-state index in [-0.39, 0.29) is 30.2 Å². The van der Waals surface area contributed by atoms with Gasteiger partial charge in [-0.25, -0.2) is 13.4 Å². The van der Waals surface area contributed by atoms with E-state index in [0.717, 1.165) is 70.9 Å². The summed E-state index contributed by atoms with van der Waals surface area (Å²) in [5.74, 6) is 0.752. The zero-order valence-electron chi connectivity index (χ0n) is 25.3. The number of thiazole rings is 1. The molecule has 1 amide bonds. The van der Waals surface area contributed by atoms with Crippen LogP contribution in [0.15, 0.2) is 48.8 Å². The molecule has 2 aromatic heterocycles. The Balaban J connectivity index is 0.000000248. The fraction of sp³-hybridized carbons (Fsp3) is 0.515. The lowest BCUT2D eigenvalue weighted by Gasteiger charge is -2.28. The van der Waals surface area contributed by atoms with E-state index in [2.05, 4.69) is 83.4 Å². The highest BCUT2D eigenvalue weighted by Crippen LogP contribution is 2.36. The monoisotopic (exact) mass is 621 g/mol. The van der Waals surface area contributed by atoms with Crippen molar-refractivity contribution in [2.24, 2.45) is 5.92 Å². The van der Waals surface area contributed by atoms with Crippen LogP contribution < -0.4 is 10.2 Å². The van der Waals surface area contributed by atoms with Crippen LogP contribution in [0, 0.1) is 17.2 Å². The SMILES string of the molecule is CC(C)(C)c1ccc(-c2ncc(-c3ccc(N4CCS(=O)(=O)CC4)cc3)s2)cn1.N#CC1(NC(=O)C2CCCCC2)CC1.[HH]. The van der Waals surface area contributed by atoms with Crippen molar-refractivity contribution in [1.82, 2.24) is 15.3 Å². The Kier molecular flexibility index (Phi) is 9.23. The third kappa shape index (κ3) is 8.01. The number of rotatable bonds is 5. The molecule has 10 heteroatoms. The molecule has 230 valence electrons. The Bertz CT molecular complexity index is 1550. The van der Waals surface area contributed by atoms with Gasteiger partial charge in [0.1, 0.15) is 10.5 Å². The minimum Gasteiger partial charge on any atom is -0.369 e. The molecule has 43 heavy (non-hydrogen) atoms. The van der Waals surface area contributed by atoms with E-state index in [1.165, 1.54) is 6.42 Å². The Morgan fingerprint density at radius 3 is 2.21 bits per heavy atom. The van der Waals surface area contributed by atoms with Crippen LogP contribution in [0.25, 0.3) is 21.0 Å². The van der Waals surface area contributed by atoms with Crippen molar-refractivity contribution in [1.29, 1.82) is 5.26 Å². The first-order valence-corrected chi connectivity index (χ1v) is 17.8. The summed E-state index contributed by atoms with van der Waals surface area (Å²) in [6.45, 7) is 7.59. The zero-order chi connectivity index (χ0) is 30.7. The normalized spacial score (nSPS) is 19.4. The van der Waals surface area contributed by atoms with E-state index in [9.17, 15) is 13.2 Å². The van der Waals surface area contributed by atoms with Crippen LogP contribution in [0.4, 0.5) is 5.69 Å². The van der Waals surface area contributed by atoms with Crippen LogP contribution >= 0.6 is 11.3 Å². The molecule has 0 atom stereocenters. The Hall–Kier alpha value is -3.29. The molecule has 0 spiro atoms. The van der Waals surface area contributed by atoms with Crippen LogP contribution in [0.1, 0.15) is 72.8 Å². The van der Waals surface area contributed by atoms with Gasteiger partial charge in [-0.05, 0) is 55.5 Å². The molecule has 1 N–H and O–H groups in total. The molecular formula is C33H43N5O3S2. The summed E-state index contributed by atoms with van der Waals surface area (Å²) in [6.07, 6.45) is 11.1. The highest BCUT2D eigenvalue weighted by molar-refractivity contribution is 7.91. The largest absolute Gasteiger partial charge is 0.369 e. The molecule has 2 aliphatic carbocycles. The minimum atomic E-state index is -2.86. The van der Waals surface area contributed by atoms with Crippen LogP contribution in [0.3, 0.4) is 0 Å². The number of amides is 1. The number of carbonyl (C=O) groups excluding carboxylic acids is 1. The smallest absolute Gasteiger partial charge is 0.224 e. The number of aromatic nitrogens is 2.